The summed E-state index contributed by atoms with van der Waals surface area (Å²) in [5.74, 6) is 3.57. The maximum atomic E-state index is 12.8. The summed E-state index contributed by atoms with van der Waals surface area (Å²) in [6, 6.07) is 5.88. The number of anilines is 1. The number of ether oxygens (including phenoxy) is 2. The maximum absolute atomic E-state index is 12.8. The number of benzene rings is 1. The van der Waals surface area contributed by atoms with Crippen LogP contribution in [0.25, 0.3) is 0 Å². The molecule has 4 rings (SSSR count). The zero-order chi connectivity index (χ0) is 20.5. The molecule has 154 valence electrons. The molecule has 0 unspecified atom stereocenters. The third kappa shape index (κ3) is 3.93. The fourth-order valence-electron chi connectivity index (χ4n) is 4.76. The quantitative estimate of drug-likeness (QED) is 0.783. The van der Waals surface area contributed by atoms with Crippen LogP contribution in [0.4, 0.5) is 5.95 Å². The van der Waals surface area contributed by atoms with E-state index in [0.29, 0.717) is 35.3 Å². The Morgan fingerprint density at radius 3 is 2.45 bits per heavy atom. The van der Waals surface area contributed by atoms with Gasteiger partial charge in [0.2, 0.25) is 5.95 Å². The molecule has 1 fully saturated rings. The van der Waals surface area contributed by atoms with E-state index in [-0.39, 0.29) is 11.7 Å². The minimum Gasteiger partial charge on any atom is -0.493 e. The number of ketones is 1. The van der Waals surface area contributed by atoms with Crippen molar-refractivity contribution in [3.05, 3.63) is 41.2 Å². The standard InChI is InChI=1S/C23H29N3O3/c1-14-7-15(2)13-26(12-14)23-24-11-18-19(25-23)8-17(9-20(18)27)16-5-6-21(28-3)22(10-16)29-4/h5-6,10-11,14-15,17H,7-9,12-13H2,1-4H3/t14-,15+,17-/m1/s1. The van der Waals surface area contributed by atoms with E-state index in [1.165, 1.54) is 6.42 Å². The van der Waals surface area contributed by atoms with Crippen molar-refractivity contribution in [2.24, 2.45) is 11.8 Å². The maximum Gasteiger partial charge on any atom is 0.225 e. The number of methoxy groups -OCH3 is 2. The van der Waals surface area contributed by atoms with Crippen LogP contribution in [0, 0.1) is 11.8 Å². The van der Waals surface area contributed by atoms with Gasteiger partial charge in [0.05, 0.1) is 25.5 Å². The van der Waals surface area contributed by atoms with Crippen LogP contribution in [-0.2, 0) is 6.42 Å². The fraction of sp³-hybridized carbons (Fsp3) is 0.522. The second-order valence-corrected chi connectivity index (χ2v) is 8.52. The number of hydrogen-bond donors (Lipinski definition) is 0. The van der Waals surface area contributed by atoms with Gasteiger partial charge in [0, 0.05) is 25.7 Å². The first kappa shape index (κ1) is 19.7. The van der Waals surface area contributed by atoms with Gasteiger partial charge in [-0.3, -0.25) is 4.79 Å². The molecule has 1 saturated heterocycles. The summed E-state index contributed by atoms with van der Waals surface area (Å²) in [5, 5.41) is 0. The smallest absolute Gasteiger partial charge is 0.225 e. The van der Waals surface area contributed by atoms with Gasteiger partial charge in [-0.25, -0.2) is 9.97 Å². The number of Topliss-reactive ketones (excluding diaryl/α,β-unsaturated/α-hetero) is 1. The molecule has 29 heavy (non-hydrogen) atoms. The number of rotatable bonds is 4. The predicted octanol–water partition coefficient (Wildman–Crippen LogP) is 3.89. The van der Waals surface area contributed by atoms with E-state index in [1.54, 1.807) is 20.4 Å². The van der Waals surface area contributed by atoms with E-state index in [1.807, 2.05) is 18.2 Å². The SMILES string of the molecule is COc1ccc([C@H]2CC(=O)c3cnc(N4C[C@H](C)C[C@H](C)C4)nc3C2)cc1OC. The number of nitrogens with zero attached hydrogens (tertiary/aromatic N) is 3. The number of carbonyl (C=O) groups is 1. The zero-order valence-electron chi connectivity index (χ0n) is 17.6. The van der Waals surface area contributed by atoms with E-state index >= 15 is 0 Å². The Morgan fingerprint density at radius 1 is 1.03 bits per heavy atom. The molecule has 2 aliphatic rings. The van der Waals surface area contributed by atoms with E-state index in [4.69, 9.17) is 14.5 Å². The lowest BCUT2D eigenvalue weighted by Crippen LogP contribution is -2.40. The van der Waals surface area contributed by atoms with Gasteiger partial charge < -0.3 is 14.4 Å². The zero-order valence-corrected chi connectivity index (χ0v) is 17.6. The average Bonchev–Trinajstić information content (AvgIpc) is 2.72. The Hall–Kier alpha value is -2.63. The average molecular weight is 396 g/mol. The Morgan fingerprint density at radius 2 is 1.76 bits per heavy atom. The number of aromatic nitrogens is 2. The summed E-state index contributed by atoms with van der Waals surface area (Å²) in [6.07, 6.45) is 4.16. The lowest BCUT2D eigenvalue weighted by molar-refractivity contribution is 0.0962. The second kappa shape index (κ2) is 8.01. The first-order chi connectivity index (χ1) is 14.0. The first-order valence-corrected chi connectivity index (χ1v) is 10.3. The Balaban J connectivity index is 1.62. The van der Waals surface area contributed by atoms with Crippen molar-refractivity contribution in [3.63, 3.8) is 0 Å². The van der Waals surface area contributed by atoms with Crippen molar-refractivity contribution < 1.29 is 14.3 Å². The molecule has 1 aliphatic heterocycles. The van der Waals surface area contributed by atoms with Gasteiger partial charge in [-0.15, -0.1) is 0 Å². The normalized spacial score (nSPS) is 24.2. The van der Waals surface area contributed by atoms with Gasteiger partial charge in [-0.05, 0) is 48.3 Å². The molecule has 1 aromatic carbocycles. The summed E-state index contributed by atoms with van der Waals surface area (Å²) in [4.78, 5) is 24.4. The predicted molar refractivity (Wildman–Crippen MR) is 112 cm³/mol. The van der Waals surface area contributed by atoms with Crippen molar-refractivity contribution in [1.29, 1.82) is 0 Å². The van der Waals surface area contributed by atoms with Gasteiger partial charge in [-0.2, -0.15) is 0 Å². The van der Waals surface area contributed by atoms with Gasteiger partial charge in [0.15, 0.2) is 17.3 Å². The fourth-order valence-corrected chi connectivity index (χ4v) is 4.76. The van der Waals surface area contributed by atoms with Crippen LogP contribution in [-0.4, -0.2) is 43.1 Å². The number of piperidine rings is 1. The van der Waals surface area contributed by atoms with Gasteiger partial charge >= 0.3 is 0 Å². The van der Waals surface area contributed by atoms with Crippen LogP contribution in [0.1, 0.15) is 54.2 Å². The highest BCUT2D eigenvalue weighted by molar-refractivity contribution is 5.98. The summed E-state index contributed by atoms with van der Waals surface area (Å²) in [6.45, 7) is 6.49. The van der Waals surface area contributed by atoms with E-state index in [2.05, 4.69) is 23.7 Å². The molecular weight excluding hydrogens is 366 g/mol. The van der Waals surface area contributed by atoms with E-state index < -0.39 is 0 Å². The molecule has 0 bridgehead atoms. The number of hydrogen-bond acceptors (Lipinski definition) is 6. The molecule has 0 spiro atoms. The van der Waals surface area contributed by atoms with E-state index in [9.17, 15) is 4.79 Å². The highest BCUT2D eigenvalue weighted by atomic mass is 16.5. The summed E-state index contributed by atoms with van der Waals surface area (Å²) < 4.78 is 10.8. The highest BCUT2D eigenvalue weighted by Gasteiger charge is 2.30. The number of fused-ring (bicyclic) bond motifs is 1. The Bertz CT molecular complexity index is 904. The van der Waals surface area contributed by atoms with Crippen LogP contribution >= 0.6 is 0 Å². The molecule has 6 nitrogen and oxygen atoms in total. The van der Waals surface area contributed by atoms with Crippen LogP contribution in [0.15, 0.2) is 24.4 Å². The highest BCUT2D eigenvalue weighted by Crippen LogP contribution is 2.37. The molecule has 3 atom stereocenters. The molecule has 0 radical (unpaired) electrons. The van der Waals surface area contributed by atoms with Crippen LogP contribution in [0.3, 0.4) is 0 Å². The lowest BCUT2D eigenvalue weighted by atomic mass is 9.82. The second-order valence-electron chi connectivity index (χ2n) is 8.52. The van der Waals surface area contributed by atoms with Crippen molar-refractivity contribution in [1.82, 2.24) is 9.97 Å². The Labute approximate surface area is 172 Å². The third-order valence-corrected chi connectivity index (χ3v) is 6.06. The monoisotopic (exact) mass is 395 g/mol. The lowest BCUT2D eigenvalue weighted by Gasteiger charge is -2.35. The van der Waals surface area contributed by atoms with Crippen molar-refractivity contribution in [2.75, 3.05) is 32.2 Å². The molecule has 2 aromatic rings. The summed E-state index contributed by atoms with van der Waals surface area (Å²) in [5.41, 5.74) is 2.60. The molecule has 1 aliphatic carbocycles. The molecule has 2 heterocycles. The van der Waals surface area contributed by atoms with Gasteiger partial charge in [0.1, 0.15) is 0 Å². The van der Waals surface area contributed by atoms with Crippen LogP contribution in [0.2, 0.25) is 0 Å². The van der Waals surface area contributed by atoms with Crippen molar-refractivity contribution in [2.45, 2.75) is 39.0 Å². The van der Waals surface area contributed by atoms with E-state index in [0.717, 1.165) is 36.7 Å². The number of carbonyl (C=O) groups excluding carboxylic acids is 1. The minimum atomic E-state index is 0.0803. The third-order valence-electron chi connectivity index (χ3n) is 6.06. The van der Waals surface area contributed by atoms with Crippen LogP contribution < -0.4 is 14.4 Å². The minimum absolute atomic E-state index is 0.0803. The summed E-state index contributed by atoms with van der Waals surface area (Å²) in [7, 11) is 3.25. The molecule has 0 N–H and O–H groups in total. The molecule has 1 aromatic heterocycles. The van der Waals surface area contributed by atoms with Gasteiger partial charge in [0.25, 0.3) is 0 Å². The van der Waals surface area contributed by atoms with Gasteiger partial charge in [-0.1, -0.05) is 19.9 Å². The molecule has 0 amide bonds. The van der Waals surface area contributed by atoms with Crippen molar-refractivity contribution >= 4 is 11.7 Å². The largest absolute Gasteiger partial charge is 0.493 e. The Kier molecular flexibility index (Phi) is 5.43. The molecular formula is C23H29N3O3. The summed E-state index contributed by atoms with van der Waals surface area (Å²) >= 11 is 0. The topological polar surface area (TPSA) is 64.5 Å². The first-order valence-electron chi connectivity index (χ1n) is 10.3. The van der Waals surface area contributed by atoms with Crippen LogP contribution in [0.5, 0.6) is 11.5 Å². The van der Waals surface area contributed by atoms with Crippen molar-refractivity contribution in [3.8, 4) is 11.5 Å². The molecule has 0 saturated carbocycles. The molecule has 6 heteroatoms.